The van der Waals surface area contributed by atoms with Crippen molar-refractivity contribution in [2.45, 2.75) is 52.4 Å². The molecule has 8 aromatic rings. The maximum absolute atomic E-state index is 11.3. The van der Waals surface area contributed by atoms with Crippen molar-refractivity contribution >= 4 is 11.0 Å². The summed E-state index contributed by atoms with van der Waals surface area (Å²) in [6, 6.07) is 52.8. The number of hydrogen-bond donors (Lipinski definition) is 1. The molecular weight excluding hydrogens is 659 g/mol. The molecule has 0 fully saturated rings. The number of pyridine rings is 1. The molecule has 6 aromatic carbocycles. The second-order valence-electron chi connectivity index (χ2n) is 16.2. The Morgan fingerprint density at radius 2 is 1.07 bits per heavy atom. The summed E-state index contributed by atoms with van der Waals surface area (Å²) in [5.74, 6) is 0.873. The van der Waals surface area contributed by atoms with E-state index in [2.05, 4.69) is 167 Å². The van der Waals surface area contributed by atoms with E-state index in [-0.39, 0.29) is 16.6 Å². The number of fused-ring (bicyclic) bond motifs is 1. The fourth-order valence-electron chi connectivity index (χ4n) is 7.17. The van der Waals surface area contributed by atoms with Crippen molar-refractivity contribution in [2.75, 3.05) is 0 Å². The van der Waals surface area contributed by atoms with Crippen LogP contribution in [0.1, 0.15) is 52.7 Å². The smallest absolute Gasteiger partial charge is 0.149 e. The highest BCUT2D eigenvalue weighted by molar-refractivity contribution is 5.97. The molecule has 266 valence electrons. The minimum atomic E-state index is -0.114. The van der Waals surface area contributed by atoms with Crippen LogP contribution in [0.4, 0.5) is 0 Å². The van der Waals surface area contributed by atoms with Crippen LogP contribution in [0.25, 0.3) is 72.7 Å². The average Bonchev–Trinajstić information content (AvgIpc) is 3.57. The fourth-order valence-corrected chi connectivity index (χ4v) is 7.17. The lowest BCUT2D eigenvalue weighted by molar-refractivity contribution is 0.477. The summed E-state index contributed by atoms with van der Waals surface area (Å²) in [5, 5.41) is 11.3. The van der Waals surface area contributed by atoms with Gasteiger partial charge in [-0.1, -0.05) is 139 Å². The van der Waals surface area contributed by atoms with E-state index >= 15 is 0 Å². The van der Waals surface area contributed by atoms with E-state index in [1.807, 2.05) is 30.5 Å². The molecule has 54 heavy (non-hydrogen) atoms. The van der Waals surface area contributed by atoms with Crippen molar-refractivity contribution in [1.29, 1.82) is 0 Å². The second-order valence-corrected chi connectivity index (χ2v) is 16.2. The molecule has 0 aliphatic carbocycles. The quantitative estimate of drug-likeness (QED) is 0.188. The molecule has 2 aromatic heterocycles. The molecule has 0 radical (unpaired) electrons. The third-order valence-corrected chi connectivity index (χ3v) is 10.3. The number of imidazole rings is 1. The first-order chi connectivity index (χ1) is 25.9. The summed E-state index contributed by atoms with van der Waals surface area (Å²) >= 11 is 0. The number of hydrogen-bond acceptors (Lipinski definition) is 3. The normalized spacial score (nSPS) is 12.0. The number of nitrogens with zero attached hydrogens (tertiary/aromatic N) is 3. The van der Waals surface area contributed by atoms with Gasteiger partial charge in [-0.05, 0) is 104 Å². The summed E-state index contributed by atoms with van der Waals surface area (Å²) in [7, 11) is 0. The first-order valence-electron chi connectivity index (χ1n) is 18.6. The highest BCUT2D eigenvalue weighted by atomic mass is 16.3. The van der Waals surface area contributed by atoms with Crippen molar-refractivity contribution in [2.24, 2.45) is 0 Å². The Balaban J connectivity index is 1.39. The molecule has 0 unspecified atom stereocenters. The minimum absolute atomic E-state index is 0.105. The van der Waals surface area contributed by atoms with Crippen molar-refractivity contribution in [3.05, 3.63) is 169 Å². The Kier molecular flexibility index (Phi) is 8.78. The maximum Gasteiger partial charge on any atom is 0.149 e. The first-order valence-corrected chi connectivity index (χ1v) is 18.6. The van der Waals surface area contributed by atoms with Crippen LogP contribution in [-0.2, 0) is 10.8 Å². The molecule has 0 saturated carbocycles. The molecule has 0 saturated heterocycles. The van der Waals surface area contributed by atoms with Gasteiger partial charge in [0.15, 0.2) is 0 Å². The highest BCUT2D eigenvalue weighted by Gasteiger charge is 2.24. The summed E-state index contributed by atoms with van der Waals surface area (Å²) in [4.78, 5) is 10.3. The van der Waals surface area contributed by atoms with Crippen LogP contribution in [0.3, 0.4) is 0 Å². The number of rotatable bonds is 6. The monoisotopic (exact) mass is 703 g/mol. The van der Waals surface area contributed by atoms with E-state index in [1.54, 1.807) is 6.07 Å². The summed E-state index contributed by atoms with van der Waals surface area (Å²) in [5.41, 5.74) is 14.3. The summed E-state index contributed by atoms with van der Waals surface area (Å²) in [6.45, 7) is 13.5. The van der Waals surface area contributed by atoms with Crippen molar-refractivity contribution in [3.8, 4) is 67.5 Å². The van der Waals surface area contributed by atoms with Crippen LogP contribution in [0, 0.1) is 0 Å². The Labute approximate surface area is 318 Å². The molecule has 4 heteroatoms. The van der Waals surface area contributed by atoms with Gasteiger partial charge in [0.1, 0.15) is 11.6 Å². The molecule has 4 nitrogen and oxygen atoms in total. The lowest BCUT2D eigenvalue weighted by Gasteiger charge is -2.23. The number of phenolic OH excluding ortho intramolecular Hbond substituents is 1. The lowest BCUT2D eigenvalue weighted by atomic mass is 9.83. The number of phenols is 1. The molecule has 0 bridgehead atoms. The number of para-hydroxylation sites is 2. The zero-order valence-electron chi connectivity index (χ0n) is 31.8. The van der Waals surface area contributed by atoms with Crippen molar-refractivity contribution < 1.29 is 5.11 Å². The summed E-state index contributed by atoms with van der Waals surface area (Å²) in [6.07, 6.45) is 1.90. The first kappa shape index (κ1) is 34.8. The van der Waals surface area contributed by atoms with Gasteiger partial charge in [-0.2, -0.15) is 0 Å². The van der Waals surface area contributed by atoms with Gasteiger partial charge in [0.2, 0.25) is 0 Å². The van der Waals surface area contributed by atoms with Crippen LogP contribution in [-0.4, -0.2) is 19.6 Å². The van der Waals surface area contributed by atoms with Gasteiger partial charge in [0.25, 0.3) is 0 Å². The van der Waals surface area contributed by atoms with Crippen LogP contribution >= 0.6 is 0 Å². The molecule has 8 rings (SSSR count). The third-order valence-electron chi connectivity index (χ3n) is 10.3. The van der Waals surface area contributed by atoms with Gasteiger partial charge in [0, 0.05) is 23.0 Å². The van der Waals surface area contributed by atoms with Crippen molar-refractivity contribution in [1.82, 2.24) is 14.5 Å². The van der Waals surface area contributed by atoms with Gasteiger partial charge in [-0.15, -0.1) is 0 Å². The number of aromatic hydroxyl groups is 1. The Morgan fingerprint density at radius 3 is 1.76 bits per heavy atom. The molecular formula is C50H45N3O. The van der Waals surface area contributed by atoms with Gasteiger partial charge in [-0.3, -0.25) is 9.55 Å². The van der Waals surface area contributed by atoms with Crippen LogP contribution < -0.4 is 0 Å². The van der Waals surface area contributed by atoms with E-state index in [9.17, 15) is 5.11 Å². The Bertz CT molecular complexity index is 2620. The van der Waals surface area contributed by atoms with Gasteiger partial charge in [-0.25, -0.2) is 4.98 Å². The third kappa shape index (κ3) is 6.72. The maximum atomic E-state index is 11.3. The van der Waals surface area contributed by atoms with E-state index in [0.29, 0.717) is 11.4 Å². The Hall–Kier alpha value is -6.26. The van der Waals surface area contributed by atoms with Crippen molar-refractivity contribution in [3.63, 3.8) is 0 Å². The minimum Gasteiger partial charge on any atom is -0.507 e. The molecule has 0 aliphatic heterocycles. The van der Waals surface area contributed by atoms with E-state index in [0.717, 1.165) is 61.4 Å². The van der Waals surface area contributed by atoms with Crippen LogP contribution in [0.2, 0.25) is 0 Å². The number of aromatic nitrogens is 3. The van der Waals surface area contributed by atoms with E-state index < -0.39 is 0 Å². The average molecular weight is 704 g/mol. The standard InChI is InChI=1S/C50H45N3O/c1-49(2,3)39-28-37(26-38(29-39)44-31-35(24-25-51-44)33-16-9-7-10-17-33)42-21-15-22-45-47(42)52-48(43-20-13-14-23-46(43)54)53(45)41-30-36(34-18-11-8-12-19-34)27-40(32-41)50(4,5)6/h7-32,54H,1-6H3. The zero-order chi connectivity index (χ0) is 37.6. The molecule has 0 atom stereocenters. The van der Waals surface area contributed by atoms with Crippen LogP contribution in [0.15, 0.2) is 158 Å². The predicted octanol–water partition coefficient (Wildman–Crippen LogP) is 13.1. The number of benzene rings is 6. The zero-order valence-corrected chi connectivity index (χ0v) is 31.8. The molecule has 2 heterocycles. The molecule has 1 N–H and O–H groups in total. The van der Waals surface area contributed by atoms with Gasteiger partial charge >= 0.3 is 0 Å². The van der Waals surface area contributed by atoms with Gasteiger partial charge in [0.05, 0.1) is 22.3 Å². The molecule has 0 aliphatic rings. The van der Waals surface area contributed by atoms with Crippen LogP contribution in [0.5, 0.6) is 5.75 Å². The highest BCUT2D eigenvalue weighted by Crippen LogP contribution is 2.41. The summed E-state index contributed by atoms with van der Waals surface area (Å²) < 4.78 is 2.22. The van der Waals surface area contributed by atoms with Gasteiger partial charge < -0.3 is 5.11 Å². The topological polar surface area (TPSA) is 50.9 Å². The molecule has 0 spiro atoms. The van der Waals surface area contributed by atoms with E-state index in [4.69, 9.17) is 9.97 Å². The SMILES string of the molecule is CC(C)(C)c1cc(-c2cc(-c3ccccc3)ccn2)cc(-c2cccc3c2nc(-c2ccccc2O)n3-c2cc(-c3ccccc3)cc(C(C)(C)C)c2)c1. The largest absolute Gasteiger partial charge is 0.507 e. The fraction of sp³-hybridized carbons (Fsp3) is 0.160. The lowest BCUT2D eigenvalue weighted by Crippen LogP contribution is -2.12. The predicted molar refractivity (Wildman–Crippen MR) is 225 cm³/mol. The second kappa shape index (κ2) is 13.6. The van der Waals surface area contributed by atoms with E-state index in [1.165, 1.54) is 11.1 Å². The molecule has 0 amide bonds. The Morgan fingerprint density at radius 1 is 0.481 bits per heavy atom.